The van der Waals surface area contributed by atoms with Crippen LogP contribution in [0.25, 0.3) is 0 Å². The quantitative estimate of drug-likeness (QED) is 0.306. The third-order valence-electron chi connectivity index (χ3n) is 8.66. The number of carbonyl (C=O) groups excluding carboxylic acids is 6. The number of carbonyl (C=O) groups is 6. The third kappa shape index (κ3) is 13.1. The minimum atomic E-state index is -1.15. The predicted molar refractivity (Wildman–Crippen MR) is 193 cm³/mol. The second-order valence-corrected chi connectivity index (χ2v) is 14.5. The fourth-order valence-electron chi connectivity index (χ4n) is 5.88. The summed E-state index contributed by atoms with van der Waals surface area (Å²) in [7, 11) is 3.17. The van der Waals surface area contributed by atoms with E-state index in [1.54, 1.807) is 38.4 Å². The minimum absolute atomic E-state index is 0.0129. The molecular weight excluding hydrogens is 672 g/mol. The maximum atomic E-state index is 13.8. The van der Waals surface area contributed by atoms with E-state index in [1.165, 1.54) is 16.7 Å². The van der Waals surface area contributed by atoms with Crippen molar-refractivity contribution in [2.75, 3.05) is 53.7 Å². The highest BCUT2D eigenvalue weighted by Gasteiger charge is 2.39. The van der Waals surface area contributed by atoms with Gasteiger partial charge in [-0.1, -0.05) is 33.8 Å². The molecule has 52 heavy (non-hydrogen) atoms. The Morgan fingerprint density at radius 3 is 2.27 bits per heavy atom. The lowest BCUT2D eigenvalue weighted by Gasteiger charge is -2.30. The van der Waals surface area contributed by atoms with Gasteiger partial charge in [0.2, 0.25) is 29.5 Å². The Morgan fingerprint density at radius 1 is 0.923 bits per heavy atom. The van der Waals surface area contributed by atoms with Crippen LogP contribution in [0.2, 0.25) is 0 Å². The Hall–Kier alpha value is -4.24. The molecule has 2 aliphatic rings. The average Bonchev–Trinajstić information content (AvgIpc) is 3.59. The number of nitrogens with one attached hydrogen (secondary N) is 4. The molecule has 2 fully saturated rings. The van der Waals surface area contributed by atoms with Gasteiger partial charge in [0, 0.05) is 39.4 Å². The first kappa shape index (κ1) is 42.2. The molecule has 290 valence electrons. The van der Waals surface area contributed by atoms with Crippen LogP contribution in [-0.2, 0) is 33.4 Å². The summed E-state index contributed by atoms with van der Waals surface area (Å²) in [5.74, 6) is -2.21. The van der Waals surface area contributed by atoms with Crippen molar-refractivity contribution in [3.05, 3.63) is 29.8 Å². The van der Waals surface area contributed by atoms with Crippen LogP contribution < -0.4 is 26.0 Å². The minimum Gasteiger partial charge on any atom is -0.493 e. The molecule has 0 radical (unpaired) electrons. The number of rotatable bonds is 8. The van der Waals surface area contributed by atoms with Gasteiger partial charge in [0.05, 0.1) is 19.8 Å². The molecule has 0 aliphatic carbocycles. The lowest BCUT2D eigenvalue weighted by Crippen LogP contribution is -2.59. The standard InChI is InChI=1S/C37H58N6O9/c1-23(2)18-28-33(45)38-25(5)36(48)43-15-11-14-31(43)35(47)41-30(37(49)42(6)7)22-51-17-9-8-16-50-21-29(34(46)39-28)40-32(44)26-12-10-13-27(19-26)52-20-24(3)4/h10,12-13,19,23-25,28-31H,8-9,11,14-18,20-22H2,1-7H3,(H,38,45)(H,39,46)(H,40,44)(H,41,47)/t25-,28-,29-,30-,31-/m0/s1. The molecule has 6 amide bonds. The summed E-state index contributed by atoms with van der Waals surface area (Å²) in [6.07, 6.45) is 2.33. The average molecular weight is 731 g/mol. The van der Waals surface area contributed by atoms with Gasteiger partial charge in [0.25, 0.3) is 5.91 Å². The normalized spacial score (nSPS) is 24.6. The smallest absolute Gasteiger partial charge is 0.252 e. The topological polar surface area (TPSA) is 185 Å². The zero-order chi connectivity index (χ0) is 38.4. The monoisotopic (exact) mass is 730 g/mol. The zero-order valence-corrected chi connectivity index (χ0v) is 31.7. The highest BCUT2D eigenvalue weighted by atomic mass is 16.5. The Kier molecular flexibility index (Phi) is 16.8. The molecule has 15 heteroatoms. The number of fused-ring (bicyclic) bond motifs is 1. The van der Waals surface area contributed by atoms with Gasteiger partial charge in [-0.05, 0) is 69.1 Å². The maximum Gasteiger partial charge on any atom is 0.252 e. The van der Waals surface area contributed by atoms with Crippen molar-refractivity contribution in [3.63, 3.8) is 0 Å². The number of amides is 6. The van der Waals surface area contributed by atoms with Crippen molar-refractivity contribution in [2.24, 2.45) is 11.8 Å². The molecular formula is C37H58N6O9. The van der Waals surface area contributed by atoms with E-state index in [2.05, 4.69) is 21.3 Å². The molecule has 4 N–H and O–H groups in total. The molecule has 1 aromatic carbocycles. The number of hydrogen-bond donors (Lipinski definition) is 4. The summed E-state index contributed by atoms with van der Waals surface area (Å²) in [6.45, 7) is 10.4. The van der Waals surface area contributed by atoms with Gasteiger partial charge in [-0.15, -0.1) is 0 Å². The molecule has 3 rings (SSSR count). The van der Waals surface area contributed by atoms with Gasteiger partial charge in [-0.2, -0.15) is 0 Å². The molecule has 5 atom stereocenters. The van der Waals surface area contributed by atoms with E-state index in [0.717, 1.165) is 0 Å². The molecule has 0 bridgehead atoms. The lowest BCUT2D eigenvalue weighted by atomic mass is 10.0. The van der Waals surface area contributed by atoms with E-state index >= 15 is 0 Å². The predicted octanol–water partition coefficient (Wildman–Crippen LogP) is 1.25. The van der Waals surface area contributed by atoms with Crippen LogP contribution in [0.3, 0.4) is 0 Å². The second-order valence-electron chi connectivity index (χ2n) is 14.5. The molecule has 2 heterocycles. The van der Waals surface area contributed by atoms with Gasteiger partial charge in [-0.25, -0.2) is 0 Å². The fourth-order valence-corrected chi connectivity index (χ4v) is 5.88. The Balaban J connectivity index is 1.85. The summed E-state index contributed by atoms with van der Waals surface area (Å²) in [4.78, 5) is 83.6. The number of nitrogens with zero attached hydrogens (tertiary/aromatic N) is 2. The summed E-state index contributed by atoms with van der Waals surface area (Å²) >= 11 is 0. The summed E-state index contributed by atoms with van der Waals surface area (Å²) < 4.78 is 17.4. The zero-order valence-electron chi connectivity index (χ0n) is 31.7. The Labute approximate surface area is 307 Å². The van der Waals surface area contributed by atoms with E-state index in [9.17, 15) is 28.8 Å². The van der Waals surface area contributed by atoms with Crippen LogP contribution in [0, 0.1) is 11.8 Å². The van der Waals surface area contributed by atoms with Crippen molar-refractivity contribution in [1.82, 2.24) is 31.1 Å². The van der Waals surface area contributed by atoms with Gasteiger partial charge in [0.1, 0.15) is 36.0 Å². The van der Waals surface area contributed by atoms with Crippen LogP contribution in [0.1, 0.15) is 77.1 Å². The Morgan fingerprint density at radius 2 is 1.62 bits per heavy atom. The number of hydrogen-bond acceptors (Lipinski definition) is 9. The first-order valence-corrected chi connectivity index (χ1v) is 18.3. The molecule has 0 aromatic heterocycles. The van der Waals surface area contributed by atoms with Crippen LogP contribution in [0.5, 0.6) is 5.75 Å². The first-order valence-electron chi connectivity index (χ1n) is 18.3. The van der Waals surface area contributed by atoms with E-state index in [1.807, 2.05) is 27.7 Å². The van der Waals surface area contributed by atoms with Gasteiger partial charge in [-0.3, -0.25) is 28.8 Å². The highest BCUT2D eigenvalue weighted by molar-refractivity contribution is 5.99. The molecule has 0 spiro atoms. The second kappa shape index (κ2) is 20.7. The van der Waals surface area contributed by atoms with Crippen molar-refractivity contribution in [3.8, 4) is 5.75 Å². The van der Waals surface area contributed by atoms with Crippen LogP contribution >= 0.6 is 0 Å². The van der Waals surface area contributed by atoms with Gasteiger partial charge < -0.3 is 45.3 Å². The van der Waals surface area contributed by atoms with Crippen molar-refractivity contribution < 1.29 is 43.0 Å². The summed E-state index contributed by atoms with van der Waals surface area (Å²) in [5.41, 5.74) is 0.289. The van der Waals surface area contributed by atoms with Crippen LogP contribution in [0.15, 0.2) is 24.3 Å². The van der Waals surface area contributed by atoms with Crippen molar-refractivity contribution >= 4 is 35.4 Å². The number of ether oxygens (including phenoxy) is 3. The van der Waals surface area contributed by atoms with Crippen molar-refractivity contribution in [2.45, 2.75) is 96.9 Å². The SMILES string of the molecule is CC(C)COc1cccc(C(=O)N[C@H]2COCCCCOC[C@@H](C(=O)N(C)C)NC(=O)[C@@H]3CCCN3C(=O)[C@H](C)NC(=O)[C@H](CC(C)C)NC2=O)c1. The molecule has 0 unspecified atom stereocenters. The Bertz CT molecular complexity index is 1390. The highest BCUT2D eigenvalue weighted by Crippen LogP contribution is 2.20. The molecule has 2 aliphatic heterocycles. The van der Waals surface area contributed by atoms with E-state index in [0.29, 0.717) is 44.6 Å². The number of likely N-dealkylation sites (N-methyl/N-ethyl adjacent to an activating group) is 1. The lowest BCUT2D eigenvalue weighted by molar-refractivity contribution is -0.143. The molecule has 0 saturated carbocycles. The molecule has 15 nitrogen and oxygen atoms in total. The van der Waals surface area contributed by atoms with Gasteiger partial charge >= 0.3 is 0 Å². The number of benzene rings is 1. The summed E-state index contributed by atoms with van der Waals surface area (Å²) in [6, 6.07) is 1.67. The van der Waals surface area contributed by atoms with Crippen LogP contribution in [0.4, 0.5) is 0 Å². The molecule has 1 aromatic rings. The largest absolute Gasteiger partial charge is 0.493 e. The van der Waals surface area contributed by atoms with Gasteiger partial charge in [0.15, 0.2) is 0 Å². The van der Waals surface area contributed by atoms with Crippen LogP contribution in [-0.4, -0.2) is 129 Å². The molecule has 2 saturated heterocycles. The van der Waals surface area contributed by atoms with E-state index in [-0.39, 0.29) is 56.2 Å². The van der Waals surface area contributed by atoms with Crippen molar-refractivity contribution in [1.29, 1.82) is 0 Å². The maximum absolute atomic E-state index is 13.8. The van der Waals surface area contributed by atoms with E-state index in [4.69, 9.17) is 14.2 Å². The first-order chi connectivity index (χ1) is 24.7. The van der Waals surface area contributed by atoms with E-state index < -0.39 is 59.7 Å². The third-order valence-corrected chi connectivity index (χ3v) is 8.66. The summed E-state index contributed by atoms with van der Waals surface area (Å²) in [5, 5.41) is 11.0. The fraction of sp³-hybridized carbons (Fsp3) is 0.676.